The number of nitrogens with one attached hydrogen (secondary N) is 1. The van der Waals surface area contributed by atoms with Crippen LogP contribution in [0.1, 0.15) is 28.6 Å². The Labute approximate surface area is 123 Å². The van der Waals surface area contributed by atoms with E-state index in [0.29, 0.717) is 6.54 Å². The second kappa shape index (κ2) is 4.86. The summed E-state index contributed by atoms with van der Waals surface area (Å²) in [5, 5.41) is 7.65. The van der Waals surface area contributed by atoms with Crippen LogP contribution in [-0.4, -0.2) is 5.16 Å². The number of fused-ring (bicyclic) bond motifs is 3. The van der Waals surface area contributed by atoms with Gasteiger partial charge in [0.25, 0.3) is 0 Å². The molecule has 0 bridgehead atoms. The zero-order chi connectivity index (χ0) is 14.2. The predicted molar refractivity (Wildman–Crippen MR) is 81.8 cm³/mol. The summed E-state index contributed by atoms with van der Waals surface area (Å²) in [6.45, 7) is 2.61. The molecule has 3 heteroatoms. The minimum absolute atomic E-state index is 0.217. The molecule has 1 aliphatic carbocycles. The van der Waals surface area contributed by atoms with Gasteiger partial charge in [-0.1, -0.05) is 53.7 Å². The quantitative estimate of drug-likeness (QED) is 0.789. The lowest BCUT2D eigenvalue weighted by atomic mass is 10.1. The molecule has 0 spiro atoms. The van der Waals surface area contributed by atoms with Gasteiger partial charge in [-0.3, -0.25) is 0 Å². The van der Waals surface area contributed by atoms with Gasteiger partial charge < -0.3 is 9.84 Å². The highest BCUT2D eigenvalue weighted by Crippen LogP contribution is 2.43. The summed E-state index contributed by atoms with van der Waals surface area (Å²) in [7, 11) is 0. The molecule has 1 heterocycles. The first-order valence-corrected chi connectivity index (χ1v) is 7.17. The maximum absolute atomic E-state index is 5.13. The van der Waals surface area contributed by atoms with Gasteiger partial charge in [0.2, 0.25) is 0 Å². The van der Waals surface area contributed by atoms with Gasteiger partial charge in [-0.05, 0) is 29.2 Å². The summed E-state index contributed by atoms with van der Waals surface area (Å²) < 4.78 is 5.13. The van der Waals surface area contributed by atoms with E-state index in [1.54, 1.807) is 0 Å². The molecule has 0 radical (unpaired) electrons. The summed E-state index contributed by atoms with van der Waals surface area (Å²) >= 11 is 0. The molecule has 0 amide bonds. The van der Waals surface area contributed by atoms with Gasteiger partial charge in [0.05, 0.1) is 11.7 Å². The van der Waals surface area contributed by atoms with Crippen LogP contribution in [0.2, 0.25) is 0 Å². The van der Waals surface area contributed by atoms with Crippen molar-refractivity contribution >= 4 is 0 Å². The SMILES string of the molecule is Cc1cc(CNC2c3ccccc3-c3ccccc32)no1. The van der Waals surface area contributed by atoms with Crippen LogP contribution in [0.3, 0.4) is 0 Å². The van der Waals surface area contributed by atoms with Gasteiger partial charge in [-0.15, -0.1) is 0 Å². The van der Waals surface area contributed by atoms with Gasteiger partial charge >= 0.3 is 0 Å². The zero-order valence-corrected chi connectivity index (χ0v) is 11.8. The van der Waals surface area contributed by atoms with Crippen LogP contribution >= 0.6 is 0 Å². The van der Waals surface area contributed by atoms with Crippen molar-refractivity contribution in [3.05, 3.63) is 77.2 Å². The molecule has 0 aliphatic heterocycles. The van der Waals surface area contributed by atoms with Crippen LogP contribution in [-0.2, 0) is 6.54 Å². The van der Waals surface area contributed by atoms with E-state index in [2.05, 4.69) is 59.0 Å². The van der Waals surface area contributed by atoms with E-state index in [-0.39, 0.29) is 6.04 Å². The average molecular weight is 276 g/mol. The van der Waals surface area contributed by atoms with Crippen LogP contribution in [0.15, 0.2) is 59.1 Å². The molecule has 3 nitrogen and oxygen atoms in total. The molecule has 1 N–H and O–H groups in total. The Kier molecular flexibility index (Phi) is 2.86. The maximum atomic E-state index is 5.13. The van der Waals surface area contributed by atoms with Crippen LogP contribution in [0.4, 0.5) is 0 Å². The summed E-state index contributed by atoms with van der Waals surface area (Å²) in [6, 6.07) is 19.3. The lowest BCUT2D eigenvalue weighted by molar-refractivity contribution is 0.387. The number of rotatable bonds is 3. The zero-order valence-electron chi connectivity index (χ0n) is 11.8. The fourth-order valence-electron chi connectivity index (χ4n) is 3.08. The number of benzene rings is 2. The fraction of sp³-hybridized carbons (Fsp3) is 0.167. The van der Waals surface area contributed by atoms with E-state index in [4.69, 9.17) is 4.52 Å². The van der Waals surface area contributed by atoms with Crippen LogP contribution < -0.4 is 5.32 Å². The van der Waals surface area contributed by atoms with E-state index in [1.165, 1.54) is 22.3 Å². The Balaban J connectivity index is 1.68. The third-order valence-corrected chi connectivity index (χ3v) is 4.00. The number of hydrogen-bond donors (Lipinski definition) is 1. The second-order valence-electron chi connectivity index (χ2n) is 5.42. The highest BCUT2D eigenvalue weighted by molar-refractivity contribution is 5.78. The van der Waals surface area contributed by atoms with E-state index in [9.17, 15) is 0 Å². The minimum atomic E-state index is 0.217. The molecule has 1 aromatic heterocycles. The summed E-state index contributed by atoms with van der Waals surface area (Å²) in [5.41, 5.74) is 6.25. The molecule has 1 aliphatic rings. The van der Waals surface area contributed by atoms with E-state index in [0.717, 1.165) is 11.5 Å². The van der Waals surface area contributed by atoms with Crippen LogP contribution in [0, 0.1) is 6.92 Å². The minimum Gasteiger partial charge on any atom is -0.361 e. The van der Waals surface area contributed by atoms with E-state index in [1.807, 2.05) is 13.0 Å². The van der Waals surface area contributed by atoms with Crippen molar-refractivity contribution in [1.29, 1.82) is 0 Å². The molecule has 0 atom stereocenters. The molecule has 3 aromatic rings. The van der Waals surface area contributed by atoms with Gasteiger partial charge in [-0.25, -0.2) is 0 Å². The average Bonchev–Trinajstić information content (AvgIpc) is 3.07. The number of aromatic nitrogens is 1. The molecule has 104 valence electrons. The summed E-state index contributed by atoms with van der Waals surface area (Å²) in [5.74, 6) is 0.846. The number of nitrogens with zero attached hydrogens (tertiary/aromatic N) is 1. The van der Waals surface area contributed by atoms with Crippen molar-refractivity contribution in [3.63, 3.8) is 0 Å². The first kappa shape index (κ1) is 12.4. The highest BCUT2D eigenvalue weighted by Gasteiger charge is 2.27. The molecule has 21 heavy (non-hydrogen) atoms. The molecule has 4 rings (SSSR count). The highest BCUT2D eigenvalue weighted by atomic mass is 16.5. The molecular weight excluding hydrogens is 260 g/mol. The molecule has 0 saturated heterocycles. The van der Waals surface area contributed by atoms with Gasteiger partial charge in [0.15, 0.2) is 0 Å². The second-order valence-corrected chi connectivity index (χ2v) is 5.42. The standard InChI is InChI=1S/C18H16N2O/c1-12-10-13(20-21-12)11-19-18-16-8-4-2-6-14(16)15-7-3-5-9-17(15)18/h2-10,18-19H,11H2,1H3. The summed E-state index contributed by atoms with van der Waals surface area (Å²) in [4.78, 5) is 0. The van der Waals surface area contributed by atoms with Crippen molar-refractivity contribution in [2.75, 3.05) is 0 Å². The predicted octanol–water partition coefficient (Wildman–Crippen LogP) is 3.84. The normalized spacial score (nSPS) is 13.2. The molecule has 0 unspecified atom stereocenters. The van der Waals surface area contributed by atoms with Crippen molar-refractivity contribution in [2.24, 2.45) is 0 Å². The lowest BCUT2D eigenvalue weighted by Crippen LogP contribution is -2.20. The number of hydrogen-bond acceptors (Lipinski definition) is 3. The van der Waals surface area contributed by atoms with Crippen molar-refractivity contribution in [1.82, 2.24) is 10.5 Å². The summed E-state index contributed by atoms with van der Waals surface area (Å²) in [6.07, 6.45) is 0. The van der Waals surface area contributed by atoms with Crippen molar-refractivity contribution in [2.45, 2.75) is 19.5 Å². The fourth-order valence-corrected chi connectivity index (χ4v) is 3.08. The lowest BCUT2D eigenvalue weighted by Gasteiger charge is -2.14. The van der Waals surface area contributed by atoms with Gasteiger partial charge in [0.1, 0.15) is 5.76 Å². The molecule has 0 saturated carbocycles. The van der Waals surface area contributed by atoms with Crippen molar-refractivity contribution < 1.29 is 4.52 Å². The Bertz CT molecular complexity index is 746. The van der Waals surface area contributed by atoms with Crippen LogP contribution in [0.5, 0.6) is 0 Å². The topological polar surface area (TPSA) is 38.1 Å². The largest absolute Gasteiger partial charge is 0.361 e. The van der Waals surface area contributed by atoms with Gasteiger partial charge in [0, 0.05) is 12.6 Å². The molecule has 2 aromatic carbocycles. The van der Waals surface area contributed by atoms with E-state index >= 15 is 0 Å². The first-order chi connectivity index (χ1) is 10.3. The maximum Gasteiger partial charge on any atom is 0.133 e. The third kappa shape index (κ3) is 2.06. The van der Waals surface area contributed by atoms with E-state index < -0.39 is 0 Å². The first-order valence-electron chi connectivity index (χ1n) is 7.17. The Morgan fingerprint density at radius 3 is 2.19 bits per heavy atom. The Hall–Kier alpha value is -2.39. The van der Waals surface area contributed by atoms with Gasteiger partial charge in [-0.2, -0.15) is 0 Å². The van der Waals surface area contributed by atoms with Crippen molar-refractivity contribution in [3.8, 4) is 11.1 Å². The Morgan fingerprint density at radius 2 is 1.62 bits per heavy atom. The molecular formula is C18H16N2O. The molecule has 0 fully saturated rings. The Morgan fingerprint density at radius 1 is 1.00 bits per heavy atom. The van der Waals surface area contributed by atoms with Crippen LogP contribution in [0.25, 0.3) is 11.1 Å². The monoisotopic (exact) mass is 276 g/mol. The third-order valence-electron chi connectivity index (χ3n) is 4.00. The smallest absolute Gasteiger partial charge is 0.133 e. The number of aryl methyl sites for hydroxylation is 1.